The van der Waals surface area contributed by atoms with E-state index in [0.717, 1.165) is 25.9 Å². The molecule has 2 N–H and O–H groups in total. The minimum Gasteiger partial charge on any atom is -0.339 e. The Balaban J connectivity index is 1.79. The average molecular weight is 391 g/mol. The number of carbonyl (C=O) groups excluding carboxylic acids is 1. The summed E-state index contributed by atoms with van der Waals surface area (Å²) in [6.07, 6.45) is 1.73. The Labute approximate surface area is 158 Å². The first-order valence-corrected chi connectivity index (χ1v) is 10.2. The van der Waals surface area contributed by atoms with Crippen LogP contribution >= 0.6 is 0 Å². The lowest BCUT2D eigenvalue weighted by atomic mass is 10.0. The van der Waals surface area contributed by atoms with Crippen LogP contribution in [-0.2, 0) is 10.0 Å². The molecule has 1 saturated heterocycles. The van der Waals surface area contributed by atoms with Crippen molar-refractivity contribution in [3.05, 3.63) is 59.9 Å². The van der Waals surface area contributed by atoms with Crippen molar-refractivity contribution in [2.24, 2.45) is 0 Å². The molecule has 2 aromatic carbocycles. The Morgan fingerprint density at radius 2 is 1.81 bits per heavy atom. The molecule has 0 spiro atoms. The molecule has 0 radical (unpaired) electrons. The summed E-state index contributed by atoms with van der Waals surface area (Å²) in [6, 6.07) is 11.1. The summed E-state index contributed by atoms with van der Waals surface area (Å²) >= 11 is 0. The van der Waals surface area contributed by atoms with Crippen LogP contribution in [0.4, 0.5) is 10.1 Å². The maximum atomic E-state index is 13.0. The van der Waals surface area contributed by atoms with Crippen molar-refractivity contribution >= 4 is 21.6 Å². The van der Waals surface area contributed by atoms with Crippen LogP contribution in [0.1, 0.15) is 23.2 Å². The first-order chi connectivity index (χ1) is 12.9. The van der Waals surface area contributed by atoms with Crippen molar-refractivity contribution < 1.29 is 17.6 Å². The summed E-state index contributed by atoms with van der Waals surface area (Å²) in [7, 11) is -2.14. The molecule has 0 saturated carbocycles. The Bertz CT molecular complexity index is 910. The third-order valence-corrected chi connectivity index (χ3v) is 6.04. The van der Waals surface area contributed by atoms with Crippen LogP contribution in [0.5, 0.6) is 0 Å². The molecule has 0 atom stereocenters. The minimum absolute atomic E-state index is 0.0172. The molecule has 27 heavy (non-hydrogen) atoms. The van der Waals surface area contributed by atoms with Crippen LogP contribution in [-0.4, -0.2) is 45.4 Å². The van der Waals surface area contributed by atoms with Gasteiger partial charge in [-0.3, -0.25) is 9.52 Å². The number of hydrogen-bond acceptors (Lipinski definition) is 4. The van der Waals surface area contributed by atoms with Crippen LogP contribution in [0.25, 0.3) is 0 Å². The smallest absolute Gasteiger partial charge is 0.261 e. The van der Waals surface area contributed by atoms with Gasteiger partial charge in [0.05, 0.1) is 4.90 Å². The van der Waals surface area contributed by atoms with E-state index in [-0.39, 0.29) is 22.5 Å². The number of hydrogen-bond donors (Lipinski definition) is 2. The van der Waals surface area contributed by atoms with Gasteiger partial charge in [-0.05, 0) is 68.4 Å². The fraction of sp³-hybridized carbons (Fsp3) is 0.316. The van der Waals surface area contributed by atoms with Gasteiger partial charge in [0.25, 0.3) is 15.9 Å². The summed E-state index contributed by atoms with van der Waals surface area (Å²) in [5.74, 6) is -0.660. The normalized spacial score (nSPS) is 15.3. The average Bonchev–Trinajstić information content (AvgIpc) is 2.69. The van der Waals surface area contributed by atoms with Crippen LogP contribution in [0, 0.1) is 5.82 Å². The van der Waals surface area contributed by atoms with E-state index < -0.39 is 15.8 Å². The fourth-order valence-corrected chi connectivity index (χ4v) is 4.20. The van der Waals surface area contributed by atoms with Crippen LogP contribution in [0.15, 0.2) is 53.4 Å². The number of rotatable bonds is 5. The van der Waals surface area contributed by atoms with Gasteiger partial charge in [0.15, 0.2) is 0 Å². The molecule has 0 unspecified atom stereocenters. The van der Waals surface area contributed by atoms with Gasteiger partial charge in [0.2, 0.25) is 0 Å². The highest BCUT2D eigenvalue weighted by atomic mass is 32.2. The fourth-order valence-electron chi connectivity index (χ4n) is 3.09. The largest absolute Gasteiger partial charge is 0.339 e. The zero-order chi connectivity index (χ0) is 19.4. The lowest BCUT2D eigenvalue weighted by molar-refractivity contribution is 0.0703. The lowest BCUT2D eigenvalue weighted by Gasteiger charge is -2.31. The van der Waals surface area contributed by atoms with E-state index in [2.05, 4.69) is 10.0 Å². The Kier molecular flexibility index (Phi) is 5.76. The molecule has 0 bridgehead atoms. The molecule has 0 aliphatic carbocycles. The second kappa shape index (κ2) is 8.06. The van der Waals surface area contributed by atoms with Gasteiger partial charge in [-0.1, -0.05) is 6.07 Å². The summed E-state index contributed by atoms with van der Waals surface area (Å²) in [4.78, 5) is 14.4. The van der Waals surface area contributed by atoms with E-state index in [1.807, 2.05) is 0 Å². The van der Waals surface area contributed by atoms with Crippen molar-refractivity contribution in [3.8, 4) is 0 Å². The van der Waals surface area contributed by atoms with Crippen molar-refractivity contribution in [3.63, 3.8) is 0 Å². The van der Waals surface area contributed by atoms with E-state index in [9.17, 15) is 17.6 Å². The minimum atomic E-state index is -3.89. The third-order valence-electron chi connectivity index (χ3n) is 4.66. The van der Waals surface area contributed by atoms with Gasteiger partial charge in [-0.25, -0.2) is 12.8 Å². The molecule has 0 aromatic heterocycles. The maximum absolute atomic E-state index is 13.0. The Morgan fingerprint density at radius 3 is 2.48 bits per heavy atom. The number of piperidine rings is 1. The summed E-state index contributed by atoms with van der Waals surface area (Å²) in [5, 5.41) is 3.25. The summed E-state index contributed by atoms with van der Waals surface area (Å²) in [6.45, 7) is 1.72. The van der Waals surface area contributed by atoms with E-state index in [1.54, 1.807) is 24.1 Å². The number of amides is 1. The van der Waals surface area contributed by atoms with Crippen molar-refractivity contribution in [2.45, 2.75) is 23.8 Å². The quantitative estimate of drug-likeness (QED) is 0.821. The van der Waals surface area contributed by atoms with Crippen molar-refractivity contribution in [2.75, 3.05) is 24.9 Å². The Hall–Kier alpha value is -2.45. The monoisotopic (exact) mass is 391 g/mol. The predicted octanol–water partition coefficient (Wildman–Crippen LogP) is 2.45. The van der Waals surface area contributed by atoms with Crippen LogP contribution in [0.2, 0.25) is 0 Å². The lowest BCUT2D eigenvalue weighted by Crippen LogP contribution is -2.44. The number of sulfonamides is 1. The molecule has 3 rings (SSSR count). The van der Waals surface area contributed by atoms with Gasteiger partial charge in [-0.2, -0.15) is 0 Å². The number of halogens is 1. The van der Waals surface area contributed by atoms with E-state index in [4.69, 9.17) is 0 Å². The molecular weight excluding hydrogens is 369 g/mol. The van der Waals surface area contributed by atoms with Crippen molar-refractivity contribution in [1.82, 2.24) is 10.2 Å². The van der Waals surface area contributed by atoms with Crippen LogP contribution in [0.3, 0.4) is 0 Å². The SMILES string of the molecule is CN(C(=O)c1cccc(S(=O)(=O)Nc2ccc(F)cc2)c1)C1CCNCC1. The van der Waals surface area contributed by atoms with Gasteiger partial charge in [0.1, 0.15) is 5.82 Å². The number of anilines is 1. The molecule has 144 valence electrons. The highest BCUT2D eigenvalue weighted by Gasteiger charge is 2.24. The second-order valence-corrected chi connectivity index (χ2v) is 8.22. The van der Waals surface area contributed by atoms with Gasteiger partial charge in [0, 0.05) is 24.3 Å². The van der Waals surface area contributed by atoms with Gasteiger partial charge < -0.3 is 10.2 Å². The summed E-state index contributed by atoms with van der Waals surface area (Å²) in [5.41, 5.74) is 0.568. The first kappa shape index (κ1) is 19.3. The predicted molar refractivity (Wildman–Crippen MR) is 102 cm³/mol. The number of nitrogens with one attached hydrogen (secondary N) is 2. The zero-order valence-corrected chi connectivity index (χ0v) is 15.8. The van der Waals surface area contributed by atoms with Crippen LogP contribution < -0.4 is 10.0 Å². The molecule has 1 amide bonds. The third kappa shape index (κ3) is 4.64. The highest BCUT2D eigenvalue weighted by molar-refractivity contribution is 7.92. The molecule has 6 nitrogen and oxygen atoms in total. The van der Waals surface area contributed by atoms with E-state index in [0.29, 0.717) is 5.56 Å². The van der Waals surface area contributed by atoms with Crippen molar-refractivity contribution in [1.29, 1.82) is 0 Å². The molecular formula is C19H22FN3O3S. The molecule has 8 heteroatoms. The second-order valence-electron chi connectivity index (χ2n) is 6.54. The molecule has 1 fully saturated rings. The van der Waals surface area contributed by atoms with E-state index >= 15 is 0 Å². The Morgan fingerprint density at radius 1 is 1.15 bits per heavy atom. The summed E-state index contributed by atoms with van der Waals surface area (Å²) < 4.78 is 40.6. The maximum Gasteiger partial charge on any atom is 0.261 e. The molecule has 2 aromatic rings. The molecule has 1 aliphatic heterocycles. The zero-order valence-electron chi connectivity index (χ0n) is 15.0. The van der Waals surface area contributed by atoms with Gasteiger partial charge in [-0.15, -0.1) is 0 Å². The number of carbonyl (C=O) groups is 1. The highest BCUT2D eigenvalue weighted by Crippen LogP contribution is 2.20. The number of nitrogens with zero attached hydrogens (tertiary/aromatic N) is 1. The number of benzene rings is 2. The molecule has 1 aliphatic rings. The topological polar surface area (TPSA) is 78.5 Å². The first-order valence-electron chi connectivity index (χ1n) is 8.73. The van der Waals surface area contributed by atoms with Gasteiger partial charge >= 0.3 is 0 Å². The molecule has 1 heterocycles. The van der Waals surface area contributed by atoms with E-state index in [1.165, 1.54) is 36.4 Å². The standard InChI is InChI=1S/C19H22FN3O3S/c1-23(17-9-11-21-12-10-17)19(24)14-3-2-4-18(13-14)27(25,26)22-16-7-5-15(20)6-8-16/h2-8,13,17,21-22H,9-12H2,1H3.